The summed E-state index contributed by atoms with van der Waals surface area (Å²) in [4.78, 5) is 96.5. The summed E-state index contributed by atoms with van der Waals surface area (Å²) in [5.41, 5.74) is 3.95. The Kier molecular flexibility index (Phi) is 11.3. The summed E-state index contributed by atoms with van der Waals surface area (Å²) in [6.07, 6.45) is 1.22. The van der Waals surface area contributed by atoms with Crippen LogP contribution in [-0.4, -0.2) is 128 Å². The van der Waals surface area contributed by atoms with Crippen molar-refractivity contribution in [3.8, 4) is 5.75 Å². The van der Waals surface area contributed by atoms with Crippen LogP contribution in [-0.2, 0) is 51.2 Å². The number of carbonyl (C=O) groups excluding carboxylic acids is 7. The van der Waals surface area contributed by atoms with Crippen LogP contribution in [0, 0.1) is 23.7 Å². The molecule has 15 heteroatoms. The summed E-state index contributed by atoms with van der Waals surface area (Å²) in [7, 11) is 9.20. The summed E-state index contributed by atoms with van der Waals surface area (Å²) in [5.74, 6) is -11.9. The first-order chi connectivity index (χ1) is 23.0. The highest BCUT2D eigenvalue weighted by atomic mass is 16.5. The second-order valence-corrected chi connectivity index (χ2v) is 13.6. The third-order valence-electron chi connectivity index (χ3n) is 10.2. The lowest BCUT2D eigenvalue weighted by Gasteiger charge is -2.52. The van der Waals surface area contributed by atoms with Crippen LogP contribution in [0.2, 0.25) is 0 Å². The van der Waals surface area contributed by atoms with E-state index in [-0.39, 0.29) is 55.5 Å². The Morgan fingerprint density at radius 2 is 1.53 bits per heavy atom. The molecule has 2 fully saturated rings. The lowest BCUT2D eigenvalue weighted by Crippen LogP contribution is -2.74. The number of fused-ring (bicyclic) bond motifs is 3. The number of anilines is 1. The molecule has 49 heavy (non-hydrogen) atoms. The van der Waals surface area contributed by atoms with Crippen LogP contribution >= 0.6 is 0 Å². The van der Waals surface area contributed by atoms with Crippen molar-refractivity contribution in [2.45, 2.75) is 56.7 Å². The van der Waals surface area contributed by atoms with E-state index in [0.717, 1.165) is 0 Å². The van der Waals surface area contributed by atoms with Crippen molar-refractivity contribution in [1.82, 2.24) is 9.80 Å². The van der Waals surface area contributed by atoms with Gasteiger partial charge < -0.3 is 30.3 Å². The van der Waals surface area contributed by atoms with Crippen LogP contribution < -0.4 is 10.6 Å². The van der Waals surface area contributed by atoms with Gasteiger partial charge in [0.2, 0.25) is 5.91 Å². The number of benzene rings is 1. The van der Waals surface area contributed by atoms with E-state index in [1.165, 1.54) is 33.2 Å². The van der Waals surface area contributed by atoms with Crippen LogP contribution in [0.25, 0.3) is 0 Å². The van der Waals surface area contributed by atoms with Crippen molar-refractivity contribution in [2.24, 2.45) is 29.4 Å². The Hall–Kier alpha value is -4.21. The molecule has 1 aromatic rings. The predicted molar refractivity (Wildman–Crippen MR) is 173 cm³/mol. The number of hydrogen-bond donors (Lipinski definition) is 3. The Balaban J connectivity index is 1.76. The Morgan fingerprint density at radius 3 is 2.02 bits per heavy atom. The number of phenolic OH excluding ortho intramolecular Hbond substituents is 1. The number of ether oxygens (including phenoxy) is 2. The molecule has 4 N–H and O–H groups in total. The standard InChI is InChI=1S/C34H46N4O11/c1-36(2)21-15-18(16-38(11-7-9-22(39)48-5)12-8-10-23(40)49-6)28(41)25-19(21)13-17-14-20-27(37(3)4)30(43)26(33(35)46)32(45)34(20,47)31(44)24(17)29(25)42/h15,17,20,24,26-27,41,47H,7-14,16H2,1-6H3,(H2,35,46)/t17-,20-,24?,26?,27+,34-/m0/s1. The number of phenols is 1. The summed E-state index contributed by atoms with van der Waals surface area (Å²) in [6.45, 7) is 0.907. The molecule has 0 heterocycles. The lowest BCUT2D eigenvalue weighted by atomic mass is 9.52. The van der Waals surface area contributed by atoms with Crippen LogP contribution in [0.1, 0.15) is 53.6 Å². The van der Waals surface area contributed by atoms with Gasteiger partial charge in [-0.2, -0.15) is 0 Å². The van der Waals surface area contributed by atoms with E-state index >= 15 is 0 Å². The van der Waals surface area contributed by atoms with Crippen molar-refractivity contribution in [3.05, 3.63) is 22.8 Å². The van der Waals surface area contributed by atoms with E-state index < -0.39 is 64.4 Å². The Labute approximate surface area is 284 Å². The largest absolute Gasteiger partial charge is 0.507 e. The van der Waals surface area contributed by atoms with Gasteiger partial charge in [-0.25, -0.2) is 0 Å². The minimum Gasteiger partial charge on any atom is -0.507 e. The average Bonchev–Trinajstić information content (AvgIpc) is 3.02. The molecule has 0 radical (unpaired) electrons. The molecule has 4 rings (SSSR count). The molecule has 15 nitrogen and oxygen atoms in total. The monoisotopic (exact) mass is 686 g/mol. The Morgan fingerprint density at radius 1 is 0.959 bits per heavy atom. The maximum atomic E-state index is 14.4. The molecule has 3 aliphatic rings. The highest BCUT2D eigenvalue weighted by Gasteiger charge is 2.69. The van der Waals surface area contributed by atoms with Crippen LogP contribution in [0.3, 0.4) is 0 Å². The Bertz CT molecular complexity index is 1530. The maximum Gasteiger partial charge on any atom is 0.305 e. The molecule has 2 unspecified atom stereocenters. The van der Waals surface area contributed by atoms with E-state index in [1.54, 1.807) is 25.1 Å². The molecule has 0 aliphatic heterocycles. The fraction of sp³-hybridized carbons (Fsp3) is 0.618. The number of primary amides is 1. The van der Waals surface area contributed by atoms with Gasteiger partial charge in [0.05, 0.1) is 31.7 Å². The second kappa shape index (κ2) is 14.7. The van der Waals surface area contributed by atoms with Crippen LogP contribution in [0.4, 0.5) is 5.69 Å². The number of rotatable bonds is 13. The topological polar surface area (TPSA) is 214 Å². The van der Waals surface area contributed by atoms with E-state index in [2.05, 4.69) is 0 Å². The average molecular weight is 687 g/mol. The van der Waals surface area contributed by atoms with Crippen molar-refractivity contribution in [3.63, 3.8) is 0 Å². The highest BCUT2D eigenvalue weighted by molar-refractivity contribution is 6.32. The quantitative estimate of drug-likeness (QED) is 0.179. The second-order valence-electron chi connectivity index (χ2n) is 13.6. The molecule has 6 atom stereocenters. The third-order valence-corrected chi connectivity index (χ3v) is 10.2. The highest BCUT2D eigenvalue weighted by Crippen LogP contribution is 2.52. The van der Waals surface area contributed by atoms with Crippen LogP contribution in [0.5, 0.6) is 5.75 Å². The van der Waals surface area contributed by atoms with Crippen molar-refractivity contribution >= 4 is 46.7 Å². The number of carbonyl (C=O) groups is 7. The van der Waals surface area contributed by atoms with Crippen molar-refractivity contribution < 1.29 is 53.2 Å². The maximum absolute atomic E-state index is 14.4. The minimum absolute atomic E-state index is 0.0482. The van der Waals surface area contributed by atoms with E-state index in [4.69, 9.17) is 15.2 Å². The van der Waals surface area contributed by atoms with E-state index in [9.17, 15) is 43.8 Å². The number of Topliss-reactive ketones (excluding diaryl/α,β-unsaturated/α-hetero) is 4. The first kappa shape index (κ1) is 37.6. The first-order valence-corrected chi connectivity index (χ1v) is 16.3. The molecule has 1 amide bonds. The zero-order chi connectivity index (χ0) is 36.5. The third kappa shape index (κ3) is 6.83. The molecular formula is C34H46N4O11. The van der Waals surface area contributed by atoms with Gasteiger partial charge in [0, 0.05) is 50.7 Å². The van der Waals surface area contributed by atoms with Gasteiger partial charge in [0.1, 0.15) is 5.75 Å². The fourth-order valence-corrected chi connectivity index (χ4v) is 7.83. The van der Waals surface area contributed by atoms with Gasteiger partial charge in [-0.3, -0.25) is 43.4 Å². The number of methoxy groups -OCH3 is 2. The molecular weight excluding hydrogens is 640 g/mol. The van der Waals surface area contributed by atoms with Gasteiger partial charge >= 0.3 is 11.9 Å². The van der Waals surface area contributed by atoms with E-state index in [1.807, 2.05) is 4.90 Å². The summed E-state index contributed by atoms with van der Waals surface area (Å²) in [5, 5.41) is 23.6. The summed E-state index contributed by atoms with van der Waals surface area (Å²) < 4.78 is 9.48. The zero-order valence-electron chi connectivity index (χ0n) is 28.8. The number of aromatic hydroxyl groups is 1. The SMILES string of the molecule is COC(=O)CCCN(CCCC(=O)OC)Cc1cc(N(C)C)c2c(c1O)C(=O)C1C(=O)[C@]3(O)C(=O)C(C(N)=O)C(=O)[C@H](N(C)C)[C@@H]3C[C@@H]1C2. The number of hydrogen-bond acceptors (Lipinski definition) is 14. The summed E-state index contributed by atoms with van der Waals surface area (Å²) in [6, 6.07) is 0.569. The normalized spacial score (nSPS) is 26.3. The smallest absolute Gasteiger partial charge is 0.305 e. The molecule has 0 spiro atoms. The zero-order valence-corrected chi connectivity index (χ0v) is 28.8. The van der Waals surface area contributed by atoms with Gasteiger partial charge in [0.25, 0.3) is 0 Å². The molecule has 0 bridgehead atoms. The number of nitrogens with two attached hydrogens (primary N) is 1. The molecule has 1 aromatic carbocycles. The molecule has 0 aromatic heterocycles. The van der Waals surface area contributed by atoms with E-state index in [0.29, 0.717) is 42.7 Å². The van der Waals surface area contributed by atoms with Gasteiger partial charge in [-0.1, -0.05) is 0 Å². The van der Waals surface area contributed by atoms with Crippen molar-refractivity contribution in [2.75, 3.05) is 60.4 Å². The fourth-order valence-electron chi connectivity index (χ4n) is 7.83. The number of amides is 1. The molecule has 0 saturated heterocycles. The van der Waals surface area contributed by atoms with Crippen molar-refractivity contribution in [1.29, 1.82) is 0 Å². The number of nitrogens with zero attached hydrogens (tertiary/aromatic N) is 3. The molecule has 268 valence electrons. The first-order valence-electron chi connectivity index (χ1n) is 16.3. The minimum atomic E-state index is -2.81. The molecule has 2 saturated carbocycles. The molecule has 3 aliphatic carbocycles. The van der Waals surface area contributed by atoms with Gasteiger partial charge in [0.15, 0.2) is 34.7 Å². The number of aliphatic hydroxyl groups is 1. The predicted octanol–water partition coefficient (Wildman–Crippen LogP) is -0.359. The number of esters is 2. The lowest BCUT2D eigenvalue weighted by molar-refractivity contribution is -0.181. The van der Waals surface area contributed by atoms with Gasteiger partial charge in [-0.05, 0) is 70.4 Å². The van der Waals surface area contributed by atoms with Gasteiger partial charge in [-0.15, -0.1) is 0 Å². The number of ketones is 4. The van der Waals surface area contributed by atoms with Crippen LogP contribution in [0.15, 0.2) is 6.07 Å². The number of likely N-dealkylation sites (N-methyl/N-ethyl adjacent to an activating group) is 1. The summed E-state index contributed by atoms with van der Waals surface area (Å²) >= 11 is 0.